The molecule has 2 fully saturated rings. The van der Waals surface area contributed by atoms with E-state index < -0.39 is 0 Å². The number of fused-ring (bicyclic) bond motifs is 1. The van der Waals surface area contributed by atoms with E-state index in [0.29, 0.717) is 30.2 Å². The highest BCUT2D eigenvalue weighted by Gasteiger charge is 2.59. The molecule has 1 heterocycles. The molecule has 2 N–H and O–H groups in total. The average Bonchev–Trinajstić information content (AvgIpc) is 3.05. The molecule has 0 bridgehead atoms. The standard InChI is InChI=1S/C19H28FN3O2/c1-19(2)16(14-7-8-25-17(14)19)23-18(21-3)22-10-12-5-6-15(20)13(9-12)11-24-4/h5-6,9,14,16-17H,7-8,10-11H2,1-4H3,(H2,21,22,23). The maximum absolute atomic E-state index is 13.7. The number of hydrogen-bond donors (Lipinski definition) is 2. The van der Waals surface area contributed by atoms with Crippen molar-refractivity contribution in [3.8, 4) is 0 Å². The number of benzene rings is 1. The van der Waals surface area contributed by atoms with E-state index >= 15 is 0 Å². The van der Waals surface area contributed by atoms with Gasteiger partial charge in [-0.2, -0.15) is 0 Å². The summed E-state index contributed by atoms with van der Waals surface area (Å²) in [7, 11) is 3.33. The molecule has 138 valence electrons. The Kier molecular flexibility index (Phi) is 5.29. The fraction of sp³-hybridized carbons (Fsp3) is 0.632. The predicted molar refractivity (Wildman–Crippen MR) is 95.9 cm³/mol. The fourth-order valence-electron chi connectivity index (χ4n) is 4.15. The van der Waals surface area contributed by atoms with Crippen LogP contribution in [-0.2, 0) is 22.6 Å². The number of nitrogens with zero attached hydrogens (tertiary/aromatic N) is 1. The van der Waals surface area contributed by atoms with Crippen molar-refractivity contribution in [2.75, 3.05) is 20.8 Å². The van der Waals surface area contributed by atoms with Crippen LogP contribution >= 0.6 is 0 Å². The summed E-state index contributed by atoms with van der Waals surface area (Å²) in [5.74, 6) is 1.07. The van der Waals surface area contributed by atoms with E-state index in [4.69, 9.17) is 9.47 Å². The van der Waals surface area contributed by atoms with Gasteiger partial charge in [0.25, 0.3) is 0 Å². The Morgan fingerprint density at radius 1 is 1.44 bits per heavy atom. The van der Waals surface area contributed by atoms with Crippen LogP contribution < -0.4 is 10.6 Å². The van der Waals surface area contributed by atoms with Crippen LogP contribution in [-0.4, -0.2) is 38.9 Å². The second kappa shape index (κ2) is 7.30. The number of halogens is 1. The summed E-state index contributed by atoms with van der Waals surface area (Å²) in [6.45, 7) is 6.17. The molecule has 1 aliphatic heterocycles. The maximum atomic E-state index is 13.7. The summed E-state index contributed by atoms with van der Waals surface area (Å²) in [6, 6.07) is 5.44. The quantitative estimate of drug-likeness (QED) is 0.633. The van der Waals surface area contributed by atoms with Gasteiger partial charge in [-0.05, 0) is 24.1 Å². The second-order valence-electron chi connectivity index (χ2n) is 7.47. The third-order valence-electron chi connectivity index (χ3n) is 5.49. The fourth-order valence-corrected chi connectivity index (χ4v) is 4.15. The topological polar surface area (TPSA) is 54.9 Å². The highest BCUT2D eigenvalue weighted by atomic mass is 19.1. The Hall–Kier alpha value is -1.66. The molecule has 6 heteroatoms. The molecule has 5 nitrogen and oxygen atoms in total. The molecule has 1 aliphatic carbocycles. The molecule has 3 unspecified atom stereocenters. The van der Waals surface area contributed by atoms with Crippen molar-refractivity contribution >= 4 is 5.96 Å². The lowest BCUT2D eigenvalue weighted by Crippen LogP contribution is -2.67. The van der Waals surface area contributed by atoms with Gasteiger partial charge in [-0.25, -0.2) is 4.39 Å². The SMILES string of the molecule is CN=C(NCc1ccc(F)c(COC)c1)NC1C2CCOC2C1(C)C. The van der Waals surface area contributed by atoms with E-state index in [1.807, 2.05) is 6.07 Å². The number of methoxy groups -OCH3 is 1. The van der Waals surface area contributed by atoms with Crippen LogP contribution in [0.25, 0.3) is 0 Å². The summed E-state index contributed by atoms with van der Waals surface area (Å²) in [6.07, 6.45) is 1.44. The minimum atomic E-state index is -0.239. The van der Waals surface area contributed by atoms with E-state index in [1.54, 1.807) is 20.2 Å². The summed E-state index contributed by atoms with van der Waals surface area (Å²) >= 11 is 0. The zero-order valence-corrected chi connectivity index (χ0v) is 15.4. The van der Waals surface area contributed by atoms with Crippen LogP contribution in [0.1, 0.15) is 31.4 Å². The third kappa shape index (κ3) is 3.51. The third-order valence-corrected chi connectivity index (χ3v) is 5.49. The average molecular weight is 349 g/mol. The number of ether oxygens (including phenoxy) is 2. The Labute approximate surface area is 149 Å². The van der Waals surface area contributed by atoms with E-state index in [1.165, 1.54) is 6.07 Å². The molecule has 0 spiro atoms. The van der Waals surface area contributed by atoms with Gasteiger partial charge in [0, 0.05) is 50.2 Å². The van der Waals surface area contributed by atoms with Crippen molar-refractivity contribution in [1.29, 1.82) is 0 Å². The van der Waals surface area contributed by atoms with Gasteiger partial charge in [0.15, 0.2) is 5.96 Å². The lowest BCUT2D eigenvalue weighted by atomic mass is 9.57. The molecule has 2 aliphatic rings. The van der Waals surface area contributed by atoms with Crippen LogP contribution in [0.3, 0.4) is 0 Å². The van der Waals surface area contributed by atoms with Crippen LogP contribution in [0.5, 0.6) is 0 Å². The molecular weight excluding hydrogens is 321 g/mol. The van der Waals surface area contributed by atoms with Gasteiger partial charge in [-0.1, -0.05) is 19.9 Å². The molecule has 0 aromatic heterocycles. The van der Waals surface area contributed by atoms with Crippen molar-refractivity contribution in [2.24, 2.45) is 16.3 Å². The van der Waals surface area contributed by atoms with Crippen LogP contribution in [0, 0.1) is 17.2 Å². The zero-order chi connectivity index (χ0) is 18.0. The largest absolute Gasteiger partial charge is 0.380 e. The molecule has 3 atom stereocenters. The zero-order valence-electron chi connectivity index (χ0n) is 15.4. The van der Waals surface area contributed by atoms with E-state index in [9.17, 15) is 4.39 Å². The van der Waals surface area contributed by atoms with Crippen molar-refractivity contribution in [2.45, 2.75) is 45.6 Å². The van der Waals surface area contributed by atoms with Gasteiger partial charge in [-0.3, -0.25) is 4.99 Å². The molecular formula is C19H28FN3O2. The van der Waals surface area contributed by atoms with E-state index in [2.05, 4.69) is 29.5 Å². The molecule has 1 saturated carbocycles. The molecule has 25 heavy (non-hydrogen) atoms. The van der Waals surface area contributed by atoms with Crippen LogP contribution in [0.15, 0.2) is 23.2 Å². The molecule has 1 aromatic carbocycles. The monoisotopic (exact) mass is 349 g/mol. The minimum Gasteiger partial charge on any atom is -0.380 e. The predicted octanol–water partition coefficient (Wildman–Crippen LogP) is 2.45. The highest BCUT2D eigenvalue weighted by Crippen LogP contribution is 2.52. The number of hydrogen-bond acceptors (Lipinski definition) is 3. The van der Waals surface area contributed by atoms with Gasteiger partial charge in [0.2, 0.25) is 0 Å². The summed E-state index contributed by atoms with van der Waals surface area (Å²) in [5.41, 5.74) is 1.66. The Morgan fingerprint density at radius 3 is 2.96 bits per heavy atom. The number of rotatable bonds is 5. The first-order valence-electron chi connectivity index (χ1n) is 8.82. The summed E-state index contributed by atoms with van der Waals surface area (Å²) in [5, 5.41) is 6.87. The number of guanidine groups is 1. The highest BCUT2D eigenvalue weighted by molar-refractivity contribution is 5.80. The lowest BCUT2D eigenvalue weighted by Gasteiger charge is -2.54. The number of aliphatic imine (C=N–C) groups is 1. The molecule has 1 saturated heterocycles. The van der Waals surface area contributed by atoms with Crippen molar-refractivity contribution in [1.82, 2.24) is 10.6 Å². The van der Waals surface area contributed by atoms with Crippen LogP contribution in [0.2, 0.25) is 0 Å². The molecule has 0 radical (unpaired) electrons. The van der Waals surface area contributed by atoms with Gasteiger partial charge in [-0.15, -0.1) is 0 Å². The van der Waals surface area contributed by atoms with Gasteiger partial charge < -0.3 is 20.1 Å². The second-order valence-corrected chi connectivity index (χ2v) is 7.47. The summed E-state index contributed by atoms with van der Waals surface area (Å²) in [4.78, 5) is 4.34. The minimum absolute atomic E-state index is 0.0975. The molecule has 0 amide bonds. The first-order chi connectivity index (χ1) is 12.0. The lowest BCUT2D eigenvalue weighted by molar-refractivity contribution is -0.106. The normalized spacial score (nSPS) is 27.6. The first kappa shape index (κ1) is 18.1. The Bertz CT molecular complexity index is 648. The van der Waals surface area contributed by atoms with Crippen molar-refractivity contribution in [3.05, 3.63) is 35.1 Å². The smallest absolute Gasteiger partial charge is 0.191 e. The van der Waals surface area contributed by atoms with Gasteiger partial charge in [0.05, 0.1) is 12.7 Å². The molecule has 3 rings (SSSR count). The van der Waals surface area contributed by atoms with Crippen molar-refractivity contribution < 1.29 is 13.9 Å². The number of nitrogens with one attached hydrogen (secondary N) is 2. The first-order valence-corrected chi connectivity index (χ1v) is 8.82. The van der Waals surface area contributed by atoms with Crippen molar-refractivity contribution in [3.63, 3.8) is 0 Å². The van der Waals surface area contributed by atoms with Gasteiger partial charge >= 0.3 is 0 Å². The Morgan fingerprint density at radius 2 is 2.24 bits per heavy atom. The maximum Gasteiger partial charge on any atom is 0.191 e. The van der Waals surface area contributed by atoms with E-state index in [0.717, 1.165) is 24.6 Å². The Balaban J connectivity index is 1.59. The van der Waals surface area contributed by atoms with Crippen LogP contribution in [0.4, 0.5) is 4.39 Å². The van der Waals surface area contributed by atoms with Gasteiger partial charge in [0.1, 0.15) is 5.82 Å². The molecule has 1 aromatic rings. The summed E-state index contributed by atoms with van der Waals surface area (Å²) < 4.78 is 24.6. The van der Waals surface area contributed by atoms with E-state index in [-0.39, 0.29) is 17.8 Å².